The number of fused-ring (bicyclic) bond motifs is 1. The predicted octanol–water partition coefficient (Wildman–Crippen LogP) is 2.56. The summed E-state index contributed by atoms with van der Waals surface area (Å²) in [7, 11) is -3.45. The van der Waals surface area contributed by atoms with E-state index in [9.17, 15) is 8.42 Å². The summed E-state index contributed by atoms with van der Waals surface area (Å²) < 4.78 is 27.3. The third-order valence-electron chi connectivity index (χ3n) is 3.15. The van der Waals surface area contributed by atoms with Gasteiger partial charge < -0.3 is 0 Å². The summed E-state index contributed by atoms with van der Waals surface area (Å²) in [5.41, 5.74) is 2.09. The average Bonchev–Trinajstić information content (AvgIpc) is 2.50. The van der Waals surface area contributed by atoms with E-state index in [1.165, 1.54) is 0 Å². The number of nitrogens with one attached hydrogen (secondary N) is 1. The maximum absolute atomic E-state index is 11.9. The molecular weight excluding hydrogens is 366 g/mol. The molecular formula is C15H12BrN3O2S. The van der Waals surface area contributed by atoms with Crippen molar-refractivity contribution in [3.05, 3.63) is 64.1 Å². The molecule has 22 heavy (non-hydrogen) atoms. The van der Waals surface area contributed by atoms with Crippen LogP contribution in [0.2, 0.25) is 0 Å². The van der Waals surface area contributed by atoms with Crippen LogP contribution >= 0.6 is 15.9 Å². The van der Waals surface area contributed by atoms with E-state index in [1.807, 2.05) is 24.3 Å². The van der Waals surface area contributed by atoms with Gasteiger partial charge in [-0.05, 0) is 23.8 Å². The molecule has 0 fully saturated rings. The van der Waals surface area contributed by atoms with E-state index >= 15 is 0 Å². The highest BCUT2D eigenvalue weighted by Gasteiger charge is 2.26. The van der Waals surface area contributed by atoms with Crippen LogP contribution in [-0.2, 0) is 10.0 Å². The van der Waals surface area contributed by atoms with Crippen LogP contribution in [0, 0.1) is 0 Å². The van der Waals surface area contributed by atoms with Crippen molar-refractivity contribution in [2.75, 3.05) is 6.54 Å². The lowest BCUT2D eigenvalue weighted by atomic mass is 10.1. The number of benzene rings is 2. The number of nitrogens with zero attached hydrogens (tertiary/aromatic N) is 2. The van der Waals surface area contributed by atoms with Gasteiger partial charge >= 0.3 is 0 Å². The summed E-state index contributed by atoms with van der Waals surface area (Å²) in [6.45, 7) is 0.134. The fraction of sp³-hybridized carbons (Fsp3) is 0.0667. The Hall–Kier alpha value is -1.83. The molecule has 0 saturated carbocycles. The lowest BCUT2D eigenvalue weighted by Gasteiger charge is -2.17. The Kier molecular flexibility index (Phi) is 4.19. The van der Waals surface area contributed by atoms with Gasteiger partial charge in [0.2, 0.25) is 10.0 Å². The van der Waals surface area contributed by atoms with Gasteiger partial charge in [-0.3, -0.25) is 0 Å². The first-order chi connectivity index (χ1) is 10.6. The van der Waals surface area contributed by atoms with E-state index in [0.29, 0.717) is 11.3 Å². The summed E-state index contributed by atoms with van der Waals surface area (Å²) in [5, 5.41) is 8.22. The molecule has 3 rings (SSSR count). The molecule has 0 radical (unpaired) electrons. The van der Waals surface area contributed by atoms with Crippen LogP contribution in [0.1, 0.15) is 11.1 Å². The van der Waals surface area contributed by atoms with Crippen molar-refractivity contribution in [1.29, 1.82) is 0 Å². The molecule has 1 N–H and O–H groups in total. The zero-order chi connectivity index (χ0) is 15.6. The van der Waals surface area contributed by atoms with Crippen molar-refractivity contribution in [3.8, 4) is 0 Å². The highest BCUT2D eigenvalue weighted by Crippen LogP contribution is 2.20. The third kappa shape index (κ3) is 3.16. The second-order valence-electron chi connectivity index (χ2n) is 4.67. The van der Waals surface area contributed by atoms with Gasteiger partial charge in [-0.2, -0.15) is 10.2 Å². The van der Waals surface area contributed by atoms with Crippen molar-refractivity contribution in [1.82, 2.24) is 4.72 Å². The van der Waals surface area contributed by atoms with Gasteiger partial charge in [-0.1, -0.05) is 46.3 Å². The molecule has 5 nitrogen and oxygen atoms in total. The number of rotatable bonds is 2. The van der Waals surface area contributed by atoms with Gasteiger partial charge in [0.1, 0.15) is 0 Å². The van der Waals surface area contributed by atoms with Crippen molar-refractivity contribution < 1.29 is 8.42 Å². The largest absolute Gasteiger partial charge is 0.241 e. The van der Waals surface area contributed by atoms with E-state index in [0.717, 1.165) is 10.0 Å². The van der Waals surface area contributed by atoms with Crippen molar-refractivity contribution in [3.63, 3.8) is 0 Å². The Balaban J connectivity index is 1.93. The molecule has 0 bridgehead atoms. The summed E-state index contributed by atoms with van der Waals surface area (Å²) in [4.78, 5) is 0.234. The lowest BCUT2D eigenvalue weighted by Crippen LogP contribution is -2.36. The van der Waals surface area contributed by atoms with E-state index in [-0.39, 0.29) is 11.4 Å². The Morgan fingerprint density at radius 1 is 1.14 bits per heavy atom. The van der Waals surface area contributed by atoms with Crippen LogP contribution in [0.5, 0.6) is 0 Å². The Labute approximate surface area is 137 Å². The first-order valence-corrected chi connectivity index (χ1v) is 8.78. The van der Waals surface area contributed by atoms with Crippen molar-refractivity contribution >= 4 is 37.9 Å². The monoisotopic (exact) mass is 377 g/mol. The van der Waals surface area contributed by atoms with Gasteiger partial charge in [0.15, 0.2) is 0 Å². The van der Waals surface area contributed by atoms with Crippen LogP contribution in [0.4, 0.5) is 0 Å². The van der Waals surface area contributed by atoms with Gasteiger partial charge in [0, 0.05) is 10.0 Å². The van der Waals surface area contributed by atoms with Crippen molar-refractivity contribution in [2.45, 2.75) is 4.90 Å². The SMILES string of the molecule is O=S1(=O)NC/C(=N\N=C\c2cccc(Br)c2)c2ccccc21. The third-order valence-corrected chi connectivity index (χ3v) is 5.10. The van der Waals surface area contributed by atoms with Gasteiger partial charge in [-0.15, -0.1) is 0 Å². The molecule has 0 unspecified atom stereocenters. The van der Waals surface area contributed by atoms with Gasteiger partial charge in [0.25, 0.3) is 0 Å². The molecule has 7 heteroatoms. The first kappa shape index (κ1) is 15.1. The minimum Gasteiger partial charge on any atom is -0.207 e. The maximum atomic E-state index is 11.9. The quantitative estimate of drug-likeness (QED) is 0.645. The average molecular weight is 378 g/mol. The molecule has 1 aliphatic rings. The minimum atomic E-state index is -3.45. The molecule has 0 atom stereocenters. The Bertz CT molecular complexity index is 876. The lowest BCUT2D eigenvalue weighted by molar-refractivity contribution is 0.584. The molecule has 0 amide bonds. The van der Waals surface area contributed by atoms with Gasteiger partial charge in [-0.25, -0.2) is 13.1 Å². The van der Waals surface area contributed by atoms with Crippen LogP contribution in [-0.4, -0.2) is 26.9 Å². The molecule has 2 aromatic rings. The molecule has 0 aromatic heterocycles. The fourth-order valence-electron chi connectivity index (χ4n) is 2.12. The Morgan fingerprint density at radius 3 is 2.77 bits per heavy atom. The van der Waals surface area contributed by atoms with Gasteiger partial charge in [0.05, 0.1) is 23.4 Å². The molecule has 2 aromatic carbocycles. The van der Waals surface area contributed by atoms with E-state index in [2.05, 4.69) is 30.9 Å². The first-order valence-electron chi connectivity index (χ1n) is 6.51. The number of sulfonamides is 1. The van der Waals surface area contributed by atoms with E-state index in [1.54, 1.807) is 30.5 Å². The van der Waals surface area contributed by atoms with Crippen LogP contribution in [0.15, 0.2) is 68.1 Å². The van der Waals surface area contributed by atoms with E-state index in [4.69, 9.17) is 0 Å². The Morgan fingerprint density at radius 2 is 1.95 bits per heavy atom. The molecule has 0 aliphatic carbocycles. The predicted molar refractivity (Wildman–Crippen MR) is 89.9 cm³/mol. The molecule has 1 heterocycles. The zero-order valence-corrected chi connectivity index (χ0v) is 13.8. The summed E-state index contributed by atoms with van der Waals surface area (Å²) in [5.74, 6) is 0. The summed E-state index contributed by atoms with van der Waals surface area (Å²) in [6, 6.07) is 14.4. The zero-order valence-electron chi connectivity index (χ0n) is 11.4. The topological polar surface area (TPSA) is 70.9 Å². The second kappa shape index (κ2) is 6.12. The summed E-state index contributed by atoms with van der Waals surface area (Å²) >= 11 is 3.39. The van der Waals surface area contributed by atoms with Crippen LogP contribution in [0.25, 0.3) is 0 Å². The molecule has 1 aliphatic heterocycles. The number of halogens is 1. The van der Waals surface area contributed by atoms with Crippen molar-refractivity contribution in [2.24, 2.45) is 10.2 Å². The maximum Gasteiger partial charge on any atom is 0.241 e. The van der Waals surface area contributed by atoms with E-state index < -0.39 is 10.0 Å². The number of hydrogen-bond donors (Lipinski definition) is 1. The second-order valence-corrected chi connectivity index (χ2v) is 7.32. The number of hydrogen-bond acceptors (Lipinski definition) is 4. The fourth-order valence-corrected chi connectivity index (χ4v) is 3.75. The van der Waals surface area contributed by atoms with Crippen LogP contribution in [0.3, 0.4) is 0 Å². The molecule has 112 valence electrons. The van der Waals surface area contributed by atoms with Crippen LogP contribution < -0.4 is 4.72 Å². The standard InChI is InChI=1S/C15H12BrN3O2S/c16-12-5-3-4-11(8-12)9-17-19-14-10-18-22(20,21)15-7-2-1-6-13(14)15/h1-9,18H,10H2/b17-9+,19-14+. The normalized spacial score (nSPS) is 18.5. The molecule has 0 saturated heterocycles. The highest BCUT2D eigenvalue weighted by atomic mass is 79.9. The minimum absolute atomic E-state index is 0.134. The highest BCUT2D eigenvalue weighted by molar-refractivity contribution is 9.10. The summed E-state index contributed by atoms with van der Waals surface area (Å²) in [6.07, 6.45) is 1.63. The molecule has 0 spiro atoms. The smallest absolute Gasteiger partial charge is 0.207 e.